The van der Waals surface area contributed by atoms with E-state index in [2.05, 4.69) is 47.1 Å². The Labute approximate surface area is 157 Å². The molecule has 4 nitrogen and oxygen atoms in total. The van der Waals surface area contributed by atoms with Crippen molar-refractivity contribution in [2.45, 2.75) is 24.3 Å². The molecule has 1 fully saturated rings. The van der Waals surface area contributed by atoms with E-state index < -0.39 is 0 Å². The Hall–Kier alpha value is -2.53. The van der Waals surface area contributed by atoms with Crippen LogP contribution < -0.4 is 0 Å². The van der Waals surface area contributed by atoms with E-state index in [1.807, 2.05) is 48.3 Å². The van der Waals surface area contributed by atoms with E-state index in [1.54, 1.807) is 0 Å². The number of aromatic nitrogens is 1. The van der Waals surface area contributed by atoms with Crippen LogP contribution in [0.1, 0.15) is 30.5 Å². The van der Waals surface area contributed by atoms with Crippen LogP contribution in [0.4, 0.5) is 0 Å². The van der Waals surface area contributed by atoms with Crippen LogP contribution >= 0.6 is 11.8 Å². The molecule has 0 bridgehead atoms. The average molecular weight is 361 g/mol. The van der Waals surface area contributed by atoms with Crippen LogP contribution in [0.25, 0.3) is 11.3 Å². The van der Waals surface area contributed by atoms with Crippen LogP contribution in [-0.4, -0.2) is 26.8 Å². The van der Waals surface area contributed by atoms with Gasteiger partial charge in [0.1, 0.15) is 23.6 Å². The number of hydrogen-bond acceptors (Lipinski definition) is 5. The van der Waals surface area contributed by atoms with Crippen LogP contribution in [0.15, 0.2) is 76.3 Å². The number of nitrogens with zero attached hydrogens (tertiary/aromatic N) is 3. The molecule has 0 spiro atoms. The van der Waals surface area contributed by atoms with E-state index in [4.69, 9.17) is 9.41 Å². The molecule has 0 saturated carbocycles. The fraction of sp³-hybridized carbons (Fsp3) is 0.238. The van der Waals surface area contributed by atoms with Gasteiger partial charge in [0, 0.05) is 23.6 Å². The second kappa shape index (κ2) is 6.32. The van der Waals surface area contributed by atoms with Crippen LogP contribution in [-0.2, 0) is 0 Å². The van der Waals surface area contributed by atoms with E-state index in [1.165, 1.54) is 0 Å². The predicted molar refractivity (Wildman–Crippen MR) is 105 cm³/mol. The molecular formula is C21H19N3OS. The lowest BCUT2D eigenvalue weighted by Gasteiger charge is -2.25. The molecule has 3 aromatic rings. The van der Waals surface area contributed by atoms with Gasteiger partial charge in [-0.1, -0.05) is 55.1 Å². The van der Waals surface area contributed by atoms with E-state index in [0.717, 1.165) is 34.5 Å². The molecule has 1 saturated heterocycles. The van der Waals surface area contributed by atoms with Crippen molar-refractivity contribution in [2.75, 3.05) is 6.54 Å². The fourth-order valence-electron chi connectivity index (χ4n) is 3.69. The molecule has 0 radical (unpaired) electrons. The van der Waals surface area contributed by atoms with E-state index >= 15 is 0 Å². The van der Waals surface area contributed by atoms with Crippen molar-refractivity contribution in [3.8, 4) is 11.3 Å². The molecule has 2 aliphatic heterocycles. The summed E-state index contributed by atoms with van der Waals surface area (Å²) in [6.07, 6.45) is 1.84. The van der Waals surface area contributed by atoms with Crippen LogP contribution in [0, 0.1) is 0 Å². The van der Waals surface area contributed by atoms with Gasteiger partial charge < -0.3 is 9.32 Å². The Kier molecular flexibility index (Phi) is 3.82. The lowest BCUT2D eigenvalue weighted by Crippen LogP contribution is -2.28. The number of benzene rings is 1. The second-order valence-electron chi connectivity index (χ2n) is 6.70. The number of aliphatic imine (C=N–C) groups is 1. The van der Waals surface area contributed by atoms with E-state index in [0.29, 0.717) is 5.25 Å². The monoisotopic (exact) mass is 361 g/mol. The van der Waals surface area contributed by atoms with Crippen molar-refractivity contribution < 1.29 is 4.42 Å². The molecule has 26 heavy (non-hydrogen) atoms. The molecule has 2 aliphatic rings. The normalized spacial score (nSPS) is 24.6. The first kappa shape index (κ1) is 15.7. The zero-order valence-electron chi connectivity index (χ0n) is 14.4. The van der Waals surface area contributed by atoms with Crippen molar-refractivity contribution in [2.24, 2.45) is 4.99 Å². The Balaban J connectivity index is 1.54. The van der Waals surface area contributed by atoms with Gasteiger partial charge in [-0.15, -0.1) is 0 Å². The van der Waals surface area contributed by atoms with Gasteiger partial charge in [-0.3, -0.25) is 4.98 Å². The summed E-state index contributed by atoms with van der Waals surface area (Å²) < 4.78 is 6.30. The highest BCUT2D eigenvalue weighted by Gasteiger charge is 2.45. The molecule has 4 heterocycles. The van der Waals surface area contributed by atoms with Crippen LogP contribution in [0.3, 0.4) is 0 Å². The van der Waals surface area contributed by atoms with Crippen molar-refractivity contribution in [1.29, 1.82) is 0 Å². The molecule has 0 aliphatic carbocycles. The molecular weight excluding hydrogens is 342 g/mol. The molecule has 5 rings (SSSR count). The molecule has 2 aromatic heterocycles. The molecule has 130 valence electrons. The standard InChI is InChI=1S/C21H19N3OS/c1-14-13-24-20(18-11-10-17(25-18)15-7-3-2-4-8-15)19(23-21(24)26-14)16-9-5-6-12-22-16/h2-12,14,19-20H,13H2,1H3/t14-,19-,20-/m0/s1. The van der Waals surface area contributed by atoms with Crippen molar-refractivity contribution >= 4 is 16.9 Å². The van der Waals surface area contributed by atoms with Crippen LogP contribution in [0.2, 0.25) is 0 Å². The van der Waals surface area contributed by atoms with Gasteiger partial charge in [0.2, 0.25) is 0 Å². The van der Waals surface area contributed by atoms with Crippen LogP contribution in [0.5, 0.6) is 0 Å². The highest BCUT2D eigenvalue weighted by molar-refractivity contribution is 8.14. The van der Waals surface area contributed by atoms with Crippen molar-refractivity contribution in [1.82, 2.24) is 9.88 Å². The summed E-state index contributed by atoms with van der Waals surface area (Å²) in [4.78, 5) is 11.9. The Morgan fingerprint density at radius 1 is 1.04 bits per heavy atom. The molecule has 1 aromatic carbocycles. The van der Waals surface area contributed by atoms with Gasteiger partial charge >= 0.3 is 0 Å². The third kappa shape index (κ3) is 2.63. The minimum atomic E-state index is -0.0269. The SMILES string of the molecule is C[C@H]1CN2C(=N[C@@H](c3ccccn3)[C@@H]2c2ccc(-c3ccccc3)o2)S1. The third-order valence-electron chi connectivity index (χ3n) is 4.86. The lowest BCUT2D eigenvalue weighted by atomic mass is 10.0. The maximum atomic E-state index is 6.30. The lowest BCUT2D eigenvalue weighted by molar-refractivity contribution is 0.277. The number of hydrogen-bond donors (Lipinski definition) is 0. The largest absolute Gasteiger partial charge is 0.459 e. The zero-order valence-corrected chi connectivity index (χ0v) is 15.3. The third-order valence-corrected chi connectivity index (χ3v) is 5.96. The van der Waals surface area contributed by atoms with Gasteiger partial charge in [0.15, 0.2) is 5.17 Å². The Morgan fingerprint density at radius 3 is 2.69 bits per heavy atom. The first-order valence-corrected chi connectivity index (χ1v) is 9.75. The maximum absolute atomic E-state index is 6.30. The number of furan rings is 1. The van der Waals surface area contributed by atoms with Gasteiger partial charge in [0.25, 0.3) is 0 Å². The minimum Gasteiger partial charge on any atom is -0.459 e. The quantitative estimate of drug-likeness (QED) is 0.663. The minimum absolute atomic E-state index is 0.0269. The average Bonchev–Trinajstić information content (AvgIpc) is 3.37. The zero-order chi connectivity index (χ0) is 17.5. The Bertz CT molecular complexity index is 938. The predicted octanol–water partition coefficient (Wildman–Crippen LogP) is 4.93. The summed E-state index contributed by atoms with van der Waals surface area (Å²) in [5.41, 5.74) is 2.08. The fourth-order valence-corrected chi connectivity index (χ4v) is 4.79. The summed E-state index contributed by atoms with van der Waals surface area (Å²) in [5.74, 6) is 1.85. The second-order valence-corrected chi connectivity index (χ2v) is 8.11. The van der Waals surface area contributed by atoms with Gasteiger partial charge in [-0.05, 0) is 24.3 Å². The number of amidine groups is 1. The van der Waals surface area contributed by atoms with Gasteiger partial charge in [-0.25, -0.2) is 4.99 Å². The molecule has 0 amide bonds. The number of fused-ring (bicyclic) bond motifs is 1. The first-order valence-electron chi connectivity index (χ1n) is 8.87. The highest BCUT2D eigenvalue weighted by Crippen LogP contribution is 2.48. The number of pyridine rings is 1. The van der Waals surface area contributed by atoms with Gasteiger partial charge in [0.05, 0.1) is 5.69 Å². The topological polar surface area (TPSA) is 41.6 Å². The maximum Gasteiger partial charge on any atom is 0.161 e. The summed E-state index contributed by atoms with van der Waals surface area (Å²) in [5, 5.41) is 1.65. The number of rotatable bonds is 3. The summed E-state index contributed by atoms with van der Waals surface area (Å²) in [6, 6.07) is 20.4. The van der Waals surface area contributed by atoms with Gasteiger partial charge in [-0.2, -0.15) is 0 Å². The number of thioether (sulfide) groups is 1. The first-order chi connectivity index (χ1) is 12.8. The highest BCUT2D eigenvalue weighted by atomic mass is 32.2. The molecule has 5 heteroatoms. The summed E-state index contributed by atoms with van der Waals surface area (Å²) in [7, 11) is 0. The smallest absolute Gasteiger partial charge is 0.161 e. The van der Waals surface area contributed by atoms with E-state index in [-0.39, 0.29) is 12.1 Å². The van der Waals surface area contributed by atoms with E-state index in [9.17, 15) is 0 Å². The Morgan fingerprint density at radius 2 is 1.88 bits per heavy atom. The molecule has 3 atom stereocenters. The summed E-state index contributed by atoms with van der Waals surface area (Å²) >= 11 is 1.84. The van der Waals surface area contributed by atoms with Crippen molar-refractivity contribution in [3.63, 3.8) is 0 Å². The summed E-state index contributed by atoms with van der Waals surface area (Å²) in [6.45, 7) is 3.23. The molecule has 0 unspecified atom stereocenters. The van der Waals surface area contributed by atoms with Crippen molar-refractivity contribution in [3.05, 3.63) is 78.3 Å². The molecule has 0 N–H and O–H groups in total.